The summed E-state index contributed by atoms with van der Waals surface area (Å²) in [5.41, 5.74) is 1.74. The minimum Gasteiger partial charge on any atom is -0.396 e. The van der Waals surface area contributed by atoms with E-state index in [-0.39, 0.29) is 17.2 Å². The van der Waals surface area contributed by atoms with E-state index < -0.39 is 0 Å². The molecule has 1 aromatic carbocycles. The summed E-state index contributed by atoms with van der Waals surface area (Å²) < 4.78 is 0. The number of benzene rings is 1. The molecule has 1 atom stereocenters. The van der Waals surface area contributed by atoms with Gasteiger partial charge in [-0.15, -0.1) is 0 Å². The fraction of sp³-hybridized carbons (Fsp3) is 0.600. The molecule has 1 heterocycles. The van der Waals surface area contributed by atoms with Crippen molar-refractivity contribution in [3.63, 3.8) is 0 Å². The van der Waals surface area contributed by atoms with E-state index in [2.05, 4.69) is 10.2 Å². The van der Waals surface area contributed by atoms with Gasteiger partial charge in [0.1, 0.15) is 5.69 Å². The largest absolute Gasteiger partial charge is 0.396 e. The van der Waals surface area contributed by atoms with Gasteiger partial charge in [0.05, 0.1) is 4.92 Å². The van der Waals surface area contributed by atoms with Crippen LogP contribution in [0.2, 0.25) is 0 Å². The number of aliphatic hydroxyl groups is 1. The number of rotatable bonds is 7. The summed E-state index contributed by atoms with van der Waals surface area (Å²) in [7, 11) is 0. The molecular weight excluding hydrogens is 270 g/mol. The Bertz CT molecular complexity index is 493. The molecule has 0 bridgehead atoms. The van der Waals surface area contributed by atoms with Crippen LogP contribution in [0.25, 0.3) is 0 Å². The van der Waals surface area contributed by atoms with Crippen molar-refractivity contribution in [3.8, 4) is 0 Å². The molecule has 0 radical (unpaired) electrons. The van der Waals surface area contributed by atoms with Crippen LogP contribution in [-0.4, -0.2) is 41.2 Å². The summed E-state index contributed by atoms with van der Waals surface area (Å²) in [4.78, 5) is 13.1. The van der Waals surface area contributed by atoms with E-state index in [4.69, 9.17) is 5.11 Å². The van der Waals surface area contributed by atoms with E-state index in [1.807, 2.05) is 13.0 Å². The molecule has 6 heteroatoms. The van der Waals surface area contributed by atoms with Gasteiger partial charge in [0.2, 0.25) is 0 Å². The molecule has 1 unspecified atom stereocenters. The number of nitro groups is 1. The van der Waals surface area contributed by atoms with Crippen LogP contribution < -0.4 is 5.32 Å². The molecule has 0 aromatic heterocycles. The number of nitrogens with zero attached hydrogens (tertiary/aromatic N) is 2. The van der Waals surface area contributed by atoms with Crippen LogP contribution in [0.3, 0.4) is 0 Å². The van der Waals surface area contributed by atoms with Crippen LogP contribution >= 0.6 is 0 Å². The molecule has 0 saturated carbocycles. The first-order valence-corrected chi connectivity index (χ1v) is 7.49. The molecule has 116 valence electrons. The van der Waals surface area contributed by atoms with Gasteiger partial charge in [-0.05, 0) is 37.8 Å². The van der Waals surface area contributed by atoms with Crippen LogP contribution in [0.15, 0.2) is 18.2 Å². The topological polar surface area (TPSA) is 78.6 Å². The fourth-order valence-electron chi connectivity index (χ4n) is 2.97. The summed E-state index contributed by atoms with van der Waals surface area (Å²) in [6, 6.07) is 5.24. The second kappa shape index (κ2) is 7.38. The first-order valence-electron chi connectivity index (χ1n) is 7.49. The van der Waals surface area contributed by atoms with E-state index in [9.17, 15) is 10.1 Å². The lowest BCUT2D eigenvalue weighted by atomic mass is 10.1. The third kappa shape index (κ3) is 3.92. The summed E-state index contributed by atoms with van der Waals surface area (Å²) >= 11 is 0. The Labute approximate surface area is 124 Å². The average Bonchev–Trinajstić information content (AvgIpc) is 2.88. The summed E-state index contributed by atoms with van der Waals surface area (Å²) in [6.07, 6.45) is 1.93. The third-order valence-corrected chi connectivity index (χ3v) is 3.98. The molecule has 0 amide bonds. The SMILES string of the molecule is CCNc1c(CN2CCC(CCO)C2)cccc1[N+](=O)[O-]. The minimum atomic E-state index is -0.333. The minimum absolute atomic E-state index is 0.139. The fourth-order valence-corrected chi connectivity index (χ4v) is 2.97. The monoisotopic (exact) mass is 293 g/mol. The molecule has 1 aromatic rings. The molecule has 1 aliphatic rings. The first kappa shape index (κ1) is 15.7. The van der Waals surface area contributed by atoms with Crippen molar-refractivity contribution in [2.45, 2.75) is 26.3 Å². The second-order valence-corrected chi connectivity index (χ2v) is 5.50. The Kier molecular flexibility index (Phi) is 5.52. The van der Waals surface area contributed by atoms with Crippen molar-refractivity contribution in [1.29, 1.82) is 0 Å². The zero-order valence-corrected chi connectivity index (χ0v) is 12.4. The Hall–Kier alpha value is -1.66. The number of nitrogens with one attached hydrogen (secondary N) is 1. The lowest BCUT2D eigenvalue weighted by molar-refractivity contribution is -0.384. The second-order valence-electron chi connectivity index (χ2n) is 5.50. The number of likely N-dealkylation sites (tertiary alicyclic amines) is 1. The highest BCUT2D eigenvalue weighted by molar-refractivity contribution is 5.66. The number of aliphatic hydroxyl groups excluding tert-OH is 1. The lowest BCUT2D eigenvalue weighted by Gasteiger charge is -2.18. The predicted molar refractivity (Wildman–Crippen MR) is 82.3 cm³/mol. The molecule has 1 saturated heterocycles. The molecular formula is C15H23N3O3. The third-order valence-electron chi connectivity index (χ3n) is 3.98. The molecule has 2 rings (SSSR count). The molecule has 6 nitrogen and oxygen atoms in total. The number of anilines is 1. The van der Waals surface area contributed by atoms with Crippen LogP contribution in [0.5, 0.6) is 0 Å². The maximum atomic E-state index is 11.1. The Morgan fingerprint density at radius 1 is 1.52 bits per heavy atom. The van der Waals surface area contributed by atoms with Gasteiger partial charge in [0, 0.05) is 32.3 Å². The van der Waals surface area contributed by atoms with Crippen molar-refractivity contribution in [2.24, 2.45) is 5.92 Å². The van der Waals surface area contributed by atoms with Crippen LogP contribution in [-0.2, 0) is 6.54 Å². The number of nitro benzene ring substituents is 1. The standard InChI is InChI=1S/C15H23N3O3/c1-2-16-15-13(4-3-5-14(15)18(20)21)11-17-8-6-12(10-17)7-9-19/h3-5,12,16,19H,2,6-11H2,1H3. The van der Waals surface area contributed by atoms with Gasteiger partial charge >= 0.3 is 0 Å². The molecule has 1 fully saturated rings. The molecule has 21 heavy (non-hydrogen) atoms. The van der Waals surface area contributed by atoms with Crippen LogP contribution in [0.4, 0.5) is 11.4 Å². The molecule has 1 aliphatic heterocycles. The zero-order valence-electron chi connectivity index (χ0n) is 12.4. The van der Waals surface area contributed by atoms with Gasteiger partial charge < -0.3 is 10.4 Å². The molecule has 2 N–H and O–H groups in total. The van der Waals surface area contributed by atoms with Crippen molar-refractivity contribution in [1.82, 2.24) is 4.90 Å². The van der Waals surface area contributed by atoms with Crippen LogP contribution in [0.1, 0.15) is 25.3 Å². The predicted octanol–water partition coefficient (Wildman–Crippen LogP) is 2.23. The highest BCUT2D eigenvalue weighted by Crippen LogP contribution is 2.30. The summed E-state index contributed by atoms with van der Waals surface area (Å²) in [5, 5.41) is 23.3. The average molecular weight is 293 g/mol. The van der Waals surface area contributed by atoms with Crippen molar-refractivity contribution < 1.29 is 10.0 Å². The van der Waals surface area contributed by atoms with E-state index in [0.29, 0.717) is 24.7 Å². The lowest BCUT2D eigenvalue weighted by Crippen LogP contribution is -2.21. The molecule has 0 aliphatic carbocycles. The van der Waals surface area contributed by atoms with E-state index >= 15 is 0 Å². The normalized spacial score (nSPS) is 18.9. The maximum Gasteiger partial charge on any atom is 0.292 e. The summed E-state index contributed by atoms with van der Waals surface area (Å²) in [6.45, 7) is 5.48. The van der Waals surface area contributed by atoms with Crippen molar-refractivity contribution in [3.05, 3.63) is 33.9 Å². The van der Waals surface area contributed by atoms with Gasteiger partial charge in [0.25, 0.3) is 5.69 Å². The zero-order chi connectivity index (χ0) is 15.2. The van der Waals surface area contributed by atoms with E-state index in [0.717, 1.165) is 31.5 Å². The Balaban J connectivity index is 2.12. The first-order chi connectivity index (χ1) is 10.2. The maximum absolute atomic E-state index is 11.1. The van der Waals surface area contributed by atoms with Gasteiger partial charge in [-0.2, -0.15) is 0 Å². The highest BCUT2D eigenvalue weighted by atomic mass is 16.6. The van der Waals surface area contributed by atoms with Gasteiger partial charge in [-0.25, -0.2) is 0 Å². The summed E-state index contributed by atoms with van der Waals surface area (Å²) in [5.74, 6) is 0.538. The van der Waals surface area contributed by atoms with E-state index in [1.54, 1.807) is 12.1 Å². The Morgan fingerprint density at radius 2 is 2.33 bits per heavy atom. The molecule has 0 spiro atoms. The number of hydrogen-bond donors (Lipinski definition) is 2. The van der Waals surface area contributed by atoms with Gasteiger partial charge in [-0.1, -0.05) is 12.1 Å². The highest BCUT2D eigenvalue weighted by Gasteiger charge is 2.24. The van der Waals surface area contributed by atoms with Crippen molar-refractivity contribution >= 4 is 11.4 Å². The quantitative estimate of drug-likeness (QED) is 0.595. The Morgan fingerprint density at radius 3 is 3.00 bits per heavy atom. The van der Waals surface area contributed by atoms with Crippen LogP contribution in [0, 0.1) is 16.0 Å². The smallest absolute Gasteiger partial charge is 0.292 e. The number of para-hydroxylation sites is 1. The van der Waals surface area contributed by atoms with Gasteiger partial charge in [-0.3, -0.25) is 15.0 Å². The number of hydrogen-bond acceptors (Lipinski definition) is 5. The van der Waals surface area contributed by atoms with Gasteiger partial charge in [0.15, 0.2) is 0 Å². The van der Waals surface area contributed by atoms with Crippen molar-refractivity contribution in [2.75, 3.05) is 31.6 Å². The van der Waals surface area contributed by atoms with E-state index in [1.165, 1.54) is 0 Å².